The summed E-state index contributed by atoms with van der Waals surface area (Å²) in [5.41, 5.74) is 0.948. The van der Waals surface area contributed by atoms with E-state index < -0.39 is 6.10 Å². The molecule has 4 heterocycles. The van der Waals surface area contributed by atoms with Gasteiger partial charge in [0.05, 0.1) is 0 Å². The topological polar surface area (TPSA) is 72.0 Å². The van der Waals surface area contributed by atoms with Crippen molar-refractivity contribution in [1.29, 1.82) is 0 Å². The summed E-state index contributed by atoms with van der Waals surface area (Å²) < 4.78 is 24.4. The number of benzene rings is 1. The molecule has 2 aliphatic heterocycles. The van der Waals surface area contributed by atoms with Gasteiger partial charge in [0, 0.05) is 0 Å². The Bertz CT molecular complexity index is 1110. The third kappa shape index (κ3) is 4.41. The quantitative estimate of drug-likeness (QED) is 0.224. The van der Waals surface area contributed by atoms with Crippen LogP contribution in [0.15, 0.2) is 53.5 Å². The number of aliphatic hydroxyl groups excluding tert-OH is 1. The van der Waals surface area contributed by atoms with Gasteiger partial charge in [-0.15, -0.1) is 0 Å². The predicted molar refractivity (Wildman–Crippen MR) is 109 cm³/mol. The molecule has 0 saturated carbocycles. The number of piperidine rings is 1. The van der Waals surface area contributed by atoms with Crippen molar-refractivity contribution in [3.8, 4) is 0 Å². The van der Waals surface area contributed by atoms with Crippen molar-refractivity contribution in [1.82, 2.24) is 19.1 Å². The number of alkyl halides is 2. The maximum atomic E-state index is 13.8. The minimum absolute atomic E-state index is 0.0151. The Balaban J connectivity index is 1.18. The molecule has 2 aromatic heterocycles. The monoisotopic (exact) mass is 539 g/mol. The average Bonchev–Trinajstić information content (AvgIpc) is 3.19. The van der Waals surface area contributed by atoms with Gasteiger partial charge in [0.1, 0.15) is 0 Å². The number of nitrogens with zero attached hydrogens (tertiary/aromatic N) is 4. The van der Waals surface area contributed by atoms with Gasteiger partial charge in [-0.05, 0) is 0 Å². The third-order valence-electron chi connectivity index (χ3n) is 5.99. The average molecular weight is 539 g/mol. The van der Waals surface area contributed by atoms with E-state index in [1.807, 2.05) is 12.1 Å². The van der Waals surface area contributed by atoms with Crippen LogP contribution in [0.4, 0.5) is 4.39 Å². The first kappa shape index (κ1) is 21.0. The van der Waals surface area contributed by atoms with Gasteiger partial charge in [-0.2, -0.15) is 0 Å². The van der Waals surface area contributed by atoms with Crippen LogP contribution in [0.1, 0.15) is 18.4 Å². The number of ether oxygens (including phenoxy) is 1. The fourth-order valence-corrected chi connectivity index (χ4v) is 8.59. The molecule has 2 saturated heterocycles. The minimum atomic E-state index is -0.661. The molecule has 1 N–H and O–H groups in total. The normalized spacial score (nSPS) is 24.9. The second kappa shape index (κ2) is 8.97. The Morgan fingerprint density at radius 3 is 2.84 bits per heavy atom. The third-order valence-corrected chi connectivity index (χ3v) is 9.76. The Hall–Kier alpha value is -1.82. The molecular formula is C22H25FIN4O3-. The maximum absolute atomic E-state index is 13.8. The second-order valence-corrected chi connectivity index (χ2v) is 11.3. The molecule has 31 heavy (non-hydrogen) atoms. The molecule has 4 unspecified atom stereocenters. The summed E-state index contributed by atoms with van der Waals surface area (Å²) in [5, 5.41) is 15.0. The van der Waals surface area contributed by atoms with Gasteiger partial charge in [0.15, 0.2) is 0 Å². The van der Waals surface area contributed by atoms with Crippen molar-refractivity contribution in [3.05, 3.63) is 70.5 Å². The van der Waals surface area contributed by atoms with Crippen molar-refractivity contribution in [2.75, 3.05) is 11.0 Å². The predicted octanol–water partition coefficient (Wildman–Crippen LogP) is -1.53. The van der Waals surface area contributed by atoms with Gasteiger partial charge in [0.25, 0.3) is 0 Å². The molecule has 2 aliphatic rings. The summed E-state index contributed by atoms with van der Waals surface area (Å²) in [5.74, 6) is -0.222. The molecule has 0 amide bonds. The van der Waals surface area contributed by atoms with E-state index >= 15 is 0 Å². The Morgan fingerprint density at radius 1 is 1.19 bits per heavy atom. The number of aliphatic hydroxyl groups is 1. The van der Waals surface area contributed by atoms with Gasteiger partial charge in [0.2, 0.25) is 0 Å². The Labute approximate surface area is 189 Å². The van der Waals surface area contributed by atoms with Crippen LogP contribution in [0.3, 0.4) is 0 Å². The number of hydrogen-bond acceptors (Lipinski definition) is 5. The van der Waals surface area contributed by atoms with Crippen LogP contribution in [0, 0.1) is 5.82 Å². The van der Waals surface area contributed by atoms with Gasteiger partial charge in [-0.1, -0.05) is 0 Å². The molecule has 3 aromatic rings. The molecule has 9 heteroatoms. The van der Waals surface area contributed by atoms with Gasteiger partial charge >= 0.3 is 190 Å². The van der Waals surface area contributed by atoms with E-state index in [0.29, 0.717) is 34.5 Å². The molecule has 4 atom stereocenters. The Kier molecular flexibility index (Phi) is 6.09. The summed E-state index contributed by atoms with van der Waals surface area (Å²) in [6, 6.07) is 12.5. The Morgan fingerprint density at radius 2 is 2.03 bits per heavy atom. The van der Waals surface area contributed by atoms with E-state index in [-0.39, 0.29) is 45.4 Å². The van der Waals surface area contributed by atoms with Crippen LogP contribution in [0.2, 0.25) is 0 Å². The number of rotatable bonds is 7. The van der Waals surface area contributed by atoms with Crippen molar-refractivity contribution in [3.63, 3.8) is 0 Å². The molecule has 7 nitrogen and oxygen atoms in total. The number of pyridine rings is 1. The van der Waals surface area contributed by atoms with Crippen LogP contribution in [0.25, 0.3) is 5.65 Å². The van der Waals surface area contributed by atoms with Crippen LogP contribution in [-0.2, 0) is 17.9 Å². The summed E-state index contributed by atoms with van der Waals surface area (Å²) in [6.45, 7) is 1.02. The van der Waals surface area contributed by atoms with Gasteiger partial charge < -0.3 is 0 Å². The van der Waals surface area contributed by atoms with Gasteiger partial charge in [-0.3, -0.25) is 0 Å². The first-order chi connectivity index (χ1) is 15.1. The molecule has 0 spiro atoms. The molecule has 2 bridgehead atoms. The van der Waals surface area contributed by atoms with E-state index in [0.717, 1.165) is 12.8 Å². The van der Waals surface area contributed by atoms with Crippen LogP contribution in [-0.4, -0.2) is 57.5 Å². The second-order valence-electron chi connectivity index (χ2n) is 8.14. The fourth-order valence-electron chi connectivity index (χ4n) is 4.44. The van der Waals surface area contributed by atoms with E-state index in [2.05, 4.69) is 10.00 Å². The molecule has 1 aromatic carbocycles. The molecule has 0 aliphatic carbocycles. The van der Waals surface area contributed by atoms with E-state index in [1.165, 1.54) is 19.6 Å². The fraction of sp³-hybridized carbons (Fsp3) is 0.455. The zero-order valence-corrected chi connectivity index (χ0v) is 19.1. The van der Waals surface area contributed by atoms with Crippen LogP contribution in [0.5, 0.6) is 0 Å². The van der Waals surface area contributed by atoms with E-state index in [9.17, 15) is 14.3 Å². The van der Waals surface area contributed by atoms with Crippen molar-refractivity contribution < 1.29 is 35.4 Å². The molecular weight excluding hydrogens is 514 g/mol. The molecule has 5 rings (SSSR count). The number of halogens is 2. The zero-order chi connectivity index (χ0) is 21.4. The van der Waals surface area contributed by atoms with Crippen molar-refractivity contribution in [2.45, 2.75) is 48.3 Å². The first-order valence-corrected chi connectivity index (χ1v) is 13.3. The SMILES string of the molecule is O=c1n(CC(O)CN2C3C[I-]C2CC(OCc2ccccc2F)C3)nc2ccccn12. The van der Waals surface area contributed by atoms with Crippen molar-refractivity contribution in [2.24, 2.45) is 0 Å². The summed E-state index contributed by atoms with van der Waals surface area (Å²) in [6.07, 6.45) is 2.99. The molecule has 2 fully saturated rings. The van der Waals surface area contributed by atoms with E-state index in [1.54, 1.807) is 30.5 Å². The number of hydrogen-bond donors (Lipinski definition) is 1. The number of fused-ring (bicyclic) bond motifs is 3. The van der Waals surface area contributed by atoms with Crippen LogP contribution < -0.4 is 26.9 Å². The number of aromatic nitrogens is 3. The van der Waals surface area contributed by atoms with E-state index in [4.69, 9.17) is 4.74 Å². The summed E-state index contributed by atoms with van der Waals surface area (Å²) in [4.78, 5) is 14.9. The first-order valence-electron chi connectivity index (χ1n) is 10.5. The van der Waals surface area contributed by atoms with Crippen LogP contribution >= 0.6 is 0 Å². The molecule has 166 valence electrons. The van der Waals surface area contributed by atoms with Gasteiger partial charge in [-0.25, -0.2) is 0 Å². The van der Waals surface area contributed by atoms with Crippen molar-refractivity contribution >= 4 is 5.65 Å². The summed E-state index contributed by atoms with van der Waals surface area (Å²) in [7, 11) is 0. The zero-order valence-electron chi connectivity index (χ0n) is 17.0. The standard InChI is InChI=1S/C22H25FIN4O3/c23-19-6-2-1-5-15(19)14-31-18-9-16-11-24-20(10-18)27(16)12-17(29)13-28-22(30)26-8-4-3-7-21(26)25-28/h1-8,16-18,20,29H,9-14H2/q-1. The molecule has 0 radical (unpaired) electrons. The summed E-state index contributed by atoms with van der Waals surface area (Å²) >= 11 is 0.0151.